The number of allylic oxidation sites excluding steroid dienone is 12. The largest absolute Gasteiger partial charge is 0.545 e. The minimum absolute atomic E-state index is 0.147. The smallest absolute Gasteiger partial charge is 0.306 e. The average Bonchev–Trinajstić information content (AvgIpc) is 3.39. The van der Waals surface area contributed by atoms with E-state index in [1.807, 2.05) is 21.1 Å². The molecule has 0 heterocycles. The summed E-state index contributed by atoms with van der Waals surface area (Å²) in [5, 5.41) is 11.8. The predicted octanol–water partition coefficient (Wildman–Crippen LogP) is 17.6. The van der Waals surface area contributed by atoms with Crippen LogP contribution in [0.5, 0.6) is 0 Å². The first-order valence-corrected chi connectivity index (χ1v) is 31.6. The molecule has 0 aromatic carbocycles. The van der Waals surface area contributed by atoms with Crippen LogP contribution in [0.25, 0.3) is 0 Å². The Balaban J connectivity index is 3.95. The summed E-state index contributed by atoms with van der Waals surface area (Å²) in [6.45, 7) is 4.61. The first-order chi connectivity index (χ1) is 37.1. The fourth-order valence-electron chi connectivity index (χ4n) is 8.85. The van der Waals surface area contributed by atoms with Gasteiger partial charge in [0.15, 0.2) is 12.4 Å². The molecule has 9 nitrogen and oxygen atoms in total. The molecule has 0 fully saturated rings. The van der Waals surface area contributed by atoms with Crippen molar-refractivity contribution in [1.82, 2.24) is 0 Å². The molecule has 440 valence electrons. The second-order valence-electron chi connectivity index (χ2n) is 22.3. The van der Waals surface area contributed by atoms with Crippen molar-refractivity contribution in [2.75, 3.05) is 47.5 Å². The summed E-state index contributed by atoms with van der Waals surface area (Å²) in [4.78, 5) is 37.2. The van der Waals surface area contributed by atoms with Gasteiger partial charge in [-0.15, -0.1) is 0 Å². The van der Waals surface area contributed by atoms with E-state index in [4.69, 9.17) is 18.9 Å². The van der Waals surface area contributed by atoms with E-state index in [-0.39, 0.29) is 38.6 Å². The number of likely N-dealkylation sites (N-methyl/N-ethyl adjacent to an activating group) is 1. The molecule has 0 aliphatic heterocycles. The van der Waals surface area contributed by atoms with E-state index in [1.165, 1.54) is 161 Å². The zero-order valence-electron chi connectivity index (χ0n) is 50.1. The summed E-state index contributed by atoms with van der Waals surface area (Å²) in [7, 11) is 5.92. The van der Waals surface area contributed by atoms with Crippen LogP contribution in [0.2, 0.25) is 0 Å². The van der Waals surface area contributed by atoms with Crippen LogP contribution in [0.4, 0.5) is 0 Å². The van der Waals surface area contributed by atoms with Crippen molar-refractivity contribution in [3.63, 3.8) is 0 Å². The molecule has 9 heteroatoms. The van der Waals surface area contributed by atoms with Gasteiger partial charge in [-0.05, 0) is 83.5 Å². The van der Waals surface area contributed by atoms with Gasteiger partial charge in [0.1, 0.15) is 13.2 Å². The van der Waals surface area contributed by atoms with Gasteiger partial charge < -0.3 is 33.3 Å². The minimum Gasteiger partial charge on any atom is -0.545 e. The predicted molar refractivity (Wildman–Crippen MR) is 320 cm³/mol. The molecule has 0 saturated carbocycles. The minimum atomic E-state index is -1.62. The van der Waals surface area contributed by atoms with E-state index in [0.29, 0.717) is 17.4 Å². The van der Waals surface area contributed by atoms with Gasteiger partial charge in [-0.3, -0.25) is 9.59 Å². The quantitative estimate of drug-likeness (QED) is 0.0195. The zero-order valence-corrected chi connectivity index (χ0v) is 50.1. The number of carboxylic acids is 1. The summed E-state index contributed by atoms with van der Waals surface area (Å²) in [6.07, 6.45) is 72.8. The van der Waals surface area contributed by atoms with Crippen molar-refractivity contribution in [3.05, 3.63) is 72.9 Å². The first kappa shape index (κ1) is 72.7. The van der Waals surface area contributed by atoms with Crippen molar-refractivity contribution < 1.29 is 42.9 Å². The van der Waals surface area contributed by atoms with Gasteiger partial charge in [-0.25, -0.2) is 0 Å². The van der Waals surface area contributed by atoms with Gasteiger partial charge in [-0.1, -0.05) is 254 Å². The number of aliphatic carboxylic acids is 1. The lowest BCUT2D eigenvalue weighted by atomic mass is 10.0. The number of hydrogen-bond acceptors (Lipinski definition) is 8. The second-order valence-corrected chi connectivity index (χ2v) is 22.3. The highest BCUT2D eigenvalue weighted by Gasteiger charge is 2.22. The van der Waals surface area contributed by atoms with Gasteiger partial charge in [0.05, 0.1) is 40.3 Å². The number of nitrogens with zero attached hydrogens (tertiary/aromatic N) is 1. The molecule has 0 aliphatic carbocycles. The van der Waals surface area contributed by atoms with Gasteiger partial charge >= 0.3 is 11.9 Å². The summed E-state index contributed by atoms with van der Waals surface area (Å²) in [5.41, 5.74) is 0. The molecule has 0 rings (SSSR count). The molecule has 0 spiro atoms. The molecule has 0 bridgehead atoms. The van der Waals surface area contributed by atoms with Crippen molar-refractivity contribution in [2.45, 2.75) is 289 Å². The highest BCUT2D eigenvalue weighted by atomic mass is 16.7. The van der Waals surface area contributed by atoms with Crippen LogP contribution >= 0.6 is 0 Å². The Kier molecular flexibility index (Phi) is 55.4. The van der Waals surface area contributed by atoms with Gasteiger partial charge in [-0.2, -0.15) is 0 Å². The lowest BCUT2D eigenvalue weighted by Crippen LogP contribution is -2.44. The Morgan fingerprint density at radius 2 is 0.750 bits per heavy atom. The normalized spacial score (nSPS) is 13.2. The number of hydrogen-bond donors (Lipinski definition) is 0. The highest BCUT2D eigenvalue weighted by molar-refractivity contribution is 5.70. The molecule has 76 heavy (non-hydrogen) atoms. The van der Waals surface area contributed by atoms with Gasteiger partial charge in [0, 0.05) is 12.8 Å². The summed E-state index contributed by atoms with van der Waals surface area (Å²) in [5.74, 6) is -2.28. The van der Waals surface area contributed by atoms with E-state index in [1.54, 1.807) is 0 Å². The Bertz CT molecular complexity index is 1470. The molecule has 2 unspecified atom stereocenters. The molecule has 0 saturated heterocycles. The van der Waals surface area contributed by atoms with Gasteiger partial charge in [0.25, 0.3) is 0 Å². The number of unbranched alkanes of at least 4 members (excludes halogenated alkanes) is 31. The van der Waals surface area contributed by atoms with E-state index in [2.05, 4.69) is 86.8 Å². The number of rotatable bonds is 58. The molecule has 0 amide bonds. The number of ether oxygens (including phenoxy) is 4. The van der Waals surface area contributed by atoms with Crippen LogP contribution in [0.1, 0.15) is 277 Å². The first-order valence-electron chi connectivity index (χ1n) is 31.6. The van der Waals surface area contributed by atoms with E-state index in [9.17, 15) is 19.5 Å². The molecular formula is C67H119NO8. The molecule has 2 atom stereocenters. The lowest BCUT2D eigenvalue weighted by Gasteiger charge is -2.26. The fourth-order valence-corrected chi connectivity index (χ4v) is 8.85. The van der Waals surface area contributed by atoms with Crippen LogP contribution in [-0.4, -0.2) is 82.3 Å². The van der Waals surface area contributed by atoms with E-state index >= 15 is 0 Å². The SMILES string of the molecule is CC/C=C\C/C=C\C/C=C\C/C=C\C/C=C\CCCCCCCCCCCCCCCCCCCCCCCCCC(=O)OC(COC(=O)CCCCCCC/C=C\CCCCC)COC(OCC[N+](C)(C)C)C(=O)[O-]. The zero-order chi connectivity index (χ0) is 55.5. The van der Waals surface area contributed by atoms with Crippen LogP contribution in [-0.2, 0) is 33.3 Å². The molecule has 0 radical (unpaired) electrons. The summed E-state index contributed by atoms with van der Waals surface area (Å²) >= 11 is 0. The third kappa shape index (κ3) is 58.4. The lowest BCUT2D eigenvalue weighted by molar-refractivity contribution is -0.870. The topological polar surface area (TPSA) is 111 Å². The van der Waals surface area contributed by atoms with E-state index < -0.39 is 24.3 Å². The average molecular weight is 1070 g/mol. The van der Waals surface area contributed by atoms with Crippen molar-refractivity contribution in [2.24, 2.45) is 0 Å². The van der Waals surface area contributed by atoms with Crippen LogP contribution in [0.3, 0.4) is 0 Å². The standard InChI is InChI=1S/C67H119NO8/c1-6-8-10-12-14-16-18-20-21-22-23-24-25-26-27-28-29-30-31-32-33-34-35-36-37-38-39-40-41-42-43-44-45-46-48-50-52-54-56-58-65(70)76-63(62-75-67(66(71)72)73-60-59-68(3,4)5)61-74-64(69)57-55-53-51-49-47-19-17-15-13-11-9-7-2/h8,10,14-17,20-21,23-24,26-27,63,67H,6-7,9,11-13,18-19,22,25,28-62H2,1-5H3/b10-8-,16-14-,17-15-,21-20-,24-23-,27-26-. The Hall–Kier alpha value is -3.27. The number of carboxylic acid groups (broad SMARTS) is 1. The Labute approximate surface area is 468 Å². The number of esters is 2. The molecule has 0 aliphatic rings. The van der Waals surface area contributed by atoms with Crippen LogP contribution < -0.4 is 5.11 Å². The number of carbonyl (C=O) groups excluding carboxylic acids is 3. The third-order valence-electron chi connectivity index (χ3n) is 13.7. The van der Waals surface area contributed by atoms with Crippen molar-refractivity contribution in [1.29, 1.82) is 0 Å². The molecule has 0 aromatic rings. The monoisotopic (exact) mass is 1070 g/mol. The number of carbonyl (C=O) groups is 3. The van der Waals surface area contributed by atoms with Crippen molar-refractivity contribution in [3.8, 4) is 0 Å². The van der Waals surface area contributed by atoms with Gasteiger partial charge in [0.2, 0.25) is 0 Å². The van der Waals surface area contributed by atoms with Crippen LogP contribution in [0, 0.1) is 0 Å². The third-order valence-corrected chi connectivity index (χ3v) is 13.7. The van der Waals surface area contributed by atoms with Crippen LogP contribution in [0.15, 0.2) is 72.9 Å². The van der Waals surface area contributed by atoms with Crippen molar-refractivity contribution >= 4 is 17.9 Å². The fraction of sp³-hybridized carbons (Fsp3) is 0.776. The van der Waals surface area contributed by atoms with E-state index in [0.717, 1.165) is 83.5 Å². The second kappa shape index (κ2) is 57.9. The Morgan fingerprint density at radius 1 is 0.408 bits per heavy atom. The maximum Gasteiger partial charge on any atom is 0.306 e. The highest BCUT2D eigenvalue weighted by Crippen LogP contribution is 2.17. The molecular weight excluding hydrogens is 947 g/mol. The maximum absolute atomic E-state index is 12.9. The number of quaternary nitrogens is 1. The summed E-state index contributed by atoms with van der Waals surface area (Å²) in [6, 6.07) is 0. The Morgan fingerprint density at radius 3 is 1.13 bits per heavy atom. The molecule has 0 N–H and O–H groups in total. The maximum atomic E-state index is 12.9. The molecule has 0 aromatic heterocycles. The summed E-state index contributed by atoms with van der Waals surface area (Å²) < 4.78 is 22.7.